The van der Waals surface area contributed by atoms with Crippen molar-refractivity contribution in [1.29, 1.82) is 4.78 Å². The van der Waals surface area contributed by atoms with Gasteiger partial charge in [0.05, 0.1) is 5.88 Å². The molecule has 0 radical (unpaired) electrons. The Morgan fingerprint density at radius 1 is 1.47 bits per heavy atom. The molecule has 1 aliphatic rings. The number of carbonyl (C=O) groups excluding carboxylic acids is 1. The number of alkyl carbamates (subject to hydrolysis) is 1. The van der Waals surface area contributed by atoms with Gasteiger partial charge in [-0.3, -0.25) is 4.78 Å². The van der Waals surface area contributed by atoms with E-state index in [0.717, 1.165) is 18.7 Å². The van der Waals surface area contributed by atoms with Gasteiger partial charge >= 0.3 is 6.09 Å². The van der Waals surface area contributed by atoms with Gasteiger partial charge in [0.1, 0.15) is 6.10 Å². The van der Waals surface area contributed by atoms with Crippen LogP contribution in [0.1, 0.15) is 33.6 Å². The summed E-state index contributed by atoms with van der Waals surface area (Å²) in [6.07, 6.45) is 3.29. The topological polar surface area (TPSA) is 74.2 Å². The predicted octanol–water partition coefficient (Wildman–Crippen LogP) is 1.60. The highest BCUT2D eigenvalue weighted by molar-refractivity contribution is 7.85. The second-order valence-corrected chi connectivity index (χ2v) is 7.12. The van der Waals surface area contributed by atoms with Crippen molar-refractivity contribution in [2.45, 2.75) is 51.3 Å². The van der Waals surface area contributed by atoms with E-state index < -0.39 is 0 Å². The maximum atomic E-state index is 11.5. The van der Waals surface area contributed by atoms with Crippen molar-refractivity contribution in [2.24, 2.45) is 0 Å². The zero-order chi connectivity index (χ0) is 13.1. The summed E-state index contributed by atoms with van der Waals surface area (Å²) < 4.78 is 12.7. The molecule has 5 nitrogen and oxygen atoms in total. The van der Waals surface area contributed by atoms with E-state index in [0.29, 0.717) is 6.04 Å². The summed E-state index contributed by atoms with van der Waals surface area (Å²) in [7, 11) is -0.320. The predicted molar refractivity (Wildman–Crippen MR) is 70.2 cm³/mol. The summed E-state index contributed by atoms with van der Waals surface area (Å²) in [5, 5.41) is 6.06. The van der Waals surface area contributed by atoms with Gasteiger partial charge in [-0.05, 0) is 27.0 Å². The first-order valence-electron chi connectivity index (χ1n) is 5.82. The fraction of sp³-hybridized carbons (Fsp3) is 0.909. The van der Waals surface area contributed by atoms with Gasteiger partial charge in [0.2, 0.25) is 0 Å². The van der Waals surface area contributed by atoms with Gasteiger partial charge < -0.3 is 15.4 Å². The number of hydrogen-bond donors (Lipinski definition) is 3. The molecule has 0 spiro atoms. The van der Waals surface area contributed by atoms with Crippen LogP contribution in [0, 0.1) is 4.78 Å². The van der Waals surface area contributed by atoms with Gasteiger partial charge in [-0.1, -0.05) is 10.7 Å². The molecule has 0 aliphatic heterocycles. The van der Waals surface area contributed by atoms with Crippen LogP contribution in [0.5, 0.6) is 0 Å². The van der Waals surface area contributed by atoms with Crippen LogP contribution >= 0.6 is 0 Å². The van der Waals surface area contributed by atoms with Crippen LogP contribution in [-0.2, 0) is 15.4 Å². The molecule has 1 atom stereocenters. The van der Waals surface area contributed by atoms with Crippen molar-refractivity contribution in [2.75, 3.05) is 12.1 Å². The van der Waals surface area contributed by atoms with Gasteiger partial charge in [-0.25, -0.2) is 4.79 Å². The molecule has 1 rings (SSSR count). The van der Waals surface area contributed by atoms with E-state index in [4.69, 9.17) is 9.52 Å². The number of rotatable bonds is 4. The zero-order valence-electron chi connectivity index (χ0n) is 11.0. The Hall–Kier alpha value is -0.620. The van der Waals surface area contributed by atoms with E-state index in [1.807, 2.05) is 27.0 Å². The molecule has 0 saturated heterocycles. The number of nitrogens with one attached hydrogen (secondary N) is 3. The third kappa shape index (κ3) is 6.02. The summed E-state index contributed by atoms with van der Waals surface area (Å²) in [5.74, 6) is 0.728. The normalized spacial score (nSPS) is 25.9. The minimum absolute atomic E-state index is 0.0271. The summed E-state index contributed by atoms with van der Waals surface area (Å²) in [6.45, 7) is 5.78. The average Bonchev–Trinajstić information content (AvgIpc) is 2.04. The molecule has 100 valence electrons. The summed E-state index contributed by atoms with van der Waals surface area (Å²) >= 11 is 0. The van der Waals surface area contributed by atoms with Gasteiger partial charge in [0, 0.05) is 24.4 Å². The number of carbonyl (C=O) groups is 1. The second-order valence-electron chi connectivity index (χ2n) is 5.56. The van der Waals surface area contributed by atoms with Crippen LogP contribution in [0.25, 0.3) is 0 Å². The van der Waals surface area contributed by atoms with Gasteiger partial charge in [0.15, 0.2) is 0 Å². The van der Waals surface area contributed by atoms with Crippen molar-refractivity contribution in [3.63, 3.8) is 0 Å². The molecule has 0 bridgehead atoms. The van der Waals surface area contributed by atoms with Gasteiger partial charge in [-0.15, -0.1) is 0 Å². The first kappa shape index (κ1) is 14.4. The van der Waals surface area contributed by atoms with Crippen LogP contribution in [0.2, 0.25) is 0 Å². The quantitative estimate of drug-likeness (QED) is 0.719. The first-order chi connectivity index (χ1) is 7.76. The fourth-order valence-corrected chi connectivity index (χ4v) is 2.04. The molecule has 17 heavy (non-hydrogen) atoms. The lowest BCUT2D eigenvalue weighted by Crippen LogP contribution is -2.49. The molecule has 0 aromatic heterocycles. The summed E-state index contributed by atoms with van der Waals surface area (Å²) in [4.78, 5) is 11.5. The lowest BCUT2D eigenvalue weighted by atomic mass is 9.89. The minimum atomic E-state index is -0.336. The molecule has 0 heterocycles. The maximum Gasteiger partial charge on any atom is 0.407 e. The molecule has 1 unspecified atom stereocenters. The van der Waals surface area contributed by atoms with Crippen LogP contribution in [0.15, 0.2) is 0 Å². The minimum Gasteiger partial charge on any atom is -0.446 e. The fourth-order valence-electron chi connectivity index (χ4n) is 1.56. The number of ether oxygens (including phenoxy) is 1. The van der Waals surface area contributed by atoms with Crippen molar-refractivity contribution >= 4 is 16.8 Å². The van der Waals surface area contributed by atoms with E-state index in [1.165, 1.54) is 0 Å². The monoisotopic (exact) mass is 261 g/mol. The zero-order valence-corrected chi connectivity index (χ0v) is 11.8. The van der Waals surface area contributed by atoms with E-state index in [2.05, 4.69) is 10.6 Å². The van der Waals surface area contributed by atoms with Crippen molar-refractivity contribution in [3.8, 4) is 0 Å². The highest BCUT2D eigenvalue weighted by Crippen LogP contribution is 2.23. The lowest BCUT2D eigenvalue weighted by Gasteiger charge is -2.35. The third-order valence-electron chi connectivity index (χ3n) is 2.43. The van der Waals surface area contributed by atoms with Crippen LogP contribution in [-0.4, -0.2) is 35.9 Å². The Kier molecular flexibility index (Phi) is 4.94. The molecule has 6 heteroatoms. The lowest BCUT2D eigenvalue weighted by molar-refractivity contribution is 0.0300. The second kappa shape index (κ2) is 5.82. The Bertz CT molecular complexity index is 296. The molecule has 1 fully saturated rings. The van der Waals surface area contributed by atoms with Crippen LogP contribution < -0.4 is 10.6 Å². The Balaban J connectivity index is 2.13. The van der Waals surface area contributed by atoms with Gasteiger partial charge in [0.25, 0.3) is 0 Å². The van der Waals surface area contributed by atoms with E-state index in [9.17, 15) is 4.79 Å². The number of amides is 1. The highest BCUT2D eigenvalue weighted by atomic mass is 32.2. The molecule has 0 aromatic carbocycles. The standard InChI is InChI=1S/C11H23N3O2S/c1-11(2,3)14-10(15)16-9-5-8(6-9)13-7-17(4)12/h8-9,12-13H,5-7H2,1-4H3,(H,14,15). The van der Waals surface area contributed by atoms with Gasteiger partial charge in [-0.2, -0.15) is 0 Å². The SMILES string of the molecule is CS(=N)CNC1CC(OC(=O)NC(C)(C)C)C1. The smallest absolute Gasteiger partial charge is 0.407 e. The van der Waals surface area contributed by atoms with Crippen LogP contribution in [0.4, 0.5) is 4.79 Å². The molecule has 1 amide bonds. The highest BCUT2D eigenvalue weighted by Gasteiger charge is 2.32. The third-order valence-corrected chi connectivity index (χ3v) is 3.03. The van der Waals surface area contributed by atoms with E-state index >= 15 is 0 Å². The number of hydrogen-bond acceptors (Lipinski definition) is 4. The summed E-state index contributed by atoms with van der Waals surface area (Å²) in [5.41, 5.74) is -0.250. The Morgan fingerprint density at radius 3 is 2.53 bits per heavy atom. The Morgan fingerprint density at radius 2 is 2.06 bits per heavy atom. The average molecular weight is 261 g/mol. The van der Waals surface area contributed by atoms with Crippen molar-refractivity contribution in [3.05, 3.63) is 0 Å². The van der Waals surface area contributed by atoms with Crippen molar-refractivity contribution in [1.82, 2.24) is 10.6 Å². The molecular formula is C11H23N3O2S. The Labute approximate surface area is 106 Å². The van der Waals surface area contributed by atoms with E-state index in [1.54, 1.807) is 0 Å². The van der Waals surface area contributed by atoms with Crippen LogP contribution in [0.3, 0.4) is 0 Å². The largest absolute Gasteiger partial charge is 0.446 e. The first-order valence-corrected chi connectivity index (χ1v) is 7.62. The molecule has 1 aliphatic carbocycles. The van der Waals surface area contributed by atoms with E-state index in [-0.39, 0.29) is 28.4 Å². The molecular weight excluding hydrogens is 238 g/mol. The molecule has 3 N–H and O–H groups in total. The van der Waals surface area contributed by atoms with Crippen molar-refractivity contribution < 1.29 is 9.53 Å². The molecule has 0 aromatic rings. The maximum absolute atomic E-state index is 11.5. The summed E-state index contributed by atoms with van der Waals surface area (Å²) in [6, 6.07) is 0.405. The molecule has 1 saturated carbocycles.